The van der Waals surface area contributed by atoms with E-state index >= 15 is 0 Å². The number of esters is 1. The van der Waals surface area contributed by atoms with Crippen LogP contribution in [0.15, 0.2) is 42.5 Å². The quantitative estimate of drug-likeness (QED) is 0.320. The van der Waals surface area contributed by atoms with Crippen molar-refractivity contribution < 1.29 is 19.2 Å². The Bertz CT molecular complexity index is 863. The minimum atomic E-state index is -0.546. The van der Waals surface area contributed by atoms with E-state index in [2.05, 4.69) is 5.32 Å². The number of amides is 1. The fourth-order valence-electron chi connectivity index (χ4n) is 2.49. The van der Waals surface area contributed by atoms with Crippen LogP contribution in [0.25, 0.3) is 0 Å². The van der Waals surface area contributed by atoms with Gasteiger partial charge in [-0.3, -0.25) is 14.9 Å². The van der Waals surface area contributed by atoms with Gasteiger partial charge in [0.1, 0.15) is 0 Å². The normalized spacial score (nSPS) is 10.2. The maximum Gasteiger partial charge on any atom is 0.338 e. The lowest BCUT2D eigenvalue weighted by atomic mass is 10.1. The van der Waals surface area contributed by atoms with Gasteiger partial charge in [0.15, 0.2) is 0 Å². The Morgan fingerprint density at radius 1 is 1.14 bits per heavy atom. The molecule has 8 nitrogen and oxygen atoms in total. The number of anilines is 2. The van der Waals surface area contributed by atoms with Crippen molar-refractivity contribution in [2.75, 3.05) is 30.9 Å². The SMILES string of the molecule is CCCCOC(=O)c1ccc(NC(=O)c2cc([N+](=O)[O-])ccc2N(C)C)cc1. The predicted molar refractivity (Wildman–Crippen MR) is 107 cm³/mol. The summed E-state index contributed by atoms with van der Waals surface area (Å²) in [5.74, 6) is -0.898. The Kier molecular flexibility index (Phi) is 7.08. The maximum absolute atomic E-state index is 12.7. The van der Waals surface area contributed by atoms with Crippen molar-refractivity contribution in [1.82, 2.24) is 0 Å². The second-order valence-electron chi connectivity index (χ2n) is 6.37. The minimum absolute atomic E-state index is 0.166. The van der Waals surface area contributed by atoms with Gasteiger partial charge in [-0.15, -0.1) is 0 Å². The van der Waals surface area contributed by atoms with Gasteiger partial charge in [-0.2, -0.15) is 0 Å². The lowest BCUT2D eigenvalue weighted by Gasteiger charge is -2.17. The Hall–Kier alpha value is -3.42. The highest BCUT2D eigenvalue weighted by atomic mass is 16.6. The van der Waals surface area contributed by atoms with Crippen molar-refractivity contribution in [1.29, 1.82) is 0 Å². The molecule has 0 aromatic heterocycles. The number of nitrogens with zero attached hydrogens (tertiary/aromatic N) is 2. The highest BCUT2D eigenvalue weighted by Crippen LogP contribution is 2.25. The molecule has 1 amide bonds. The van der Waals surface area contributed by atoms with Gasteiger partial charge in [0.2, 0.25) is 0 Å². The van der Waals surface area contributed by atoms with Crippen LogP contribution >= 0.6 is 0 Å². The van der Waals surface area contributed by atoms with Gasteiger partial charge >= 0.3 is 5.97 Å². The smallest absolute Gasteiger partial charge is 0.338 e. The molecule has 0 aliphatic heterocycles. The lowest BCUT2D eigenvalue weighted by Crippen LogP contribution is -2.19. The molecular formula is C20H23N3O5. The summed E-state index contributed by atoms with van der Waals surface area (Å²) in [5.41, 5.74) is 1.42. The summed E-state index contributed by atoms with van der Waals surface area (Å²) in [6, 6.07) is 10.4. The molecule has 0 fully saturated rings. The van der Waals surface area contributed by atoms with Crippen LogP contribution in [-0.4, -0.2) is 37.5 Å². The van der Waals surface area contributed by atoms with Crippen LogP contribution in [0, 0.1) is 10.1 Å². The monoisotopic (exact) mass is 385 g/mol. The number of unbranched alkanes of at least 4 members (excludes halogenated alkanes) is 1. The summed E-state index contributed by atoms with van der Waals surface area (Å²) in [4.78, 5) is 36.8. The molecule has 0 aliphatic carbocycles. The number of benzene rings is 2. The molecule has 0 spiro atoms. The molecule has 0 heterocycles. The Labute approximate surface area is 163 Å². The van der Waals surface area contributed by atoms with Crippen molar-refractivity contribution in [3.05, 3.63) is 63.7 Å². The number of hydrogen-bond donors (Lipinski definition) is 1. The van der Waals surface area contributed by atoms with Crippen LogP contribution in [0.5, 0.6) is 0 Å². The number of non-ortho nitro benzene ring substituents is 1. The zero-order chi connectivity index (χ0) is 20.7. The summed E-state index contributed by atoms with van der Waals surface area (Å²) in [5, 5.41) is 13.7. The predicted octanol–water partition coefficient (Wildman–Crippen LogP) is 3.87. The number of nitro groups is 1. The number of hydrogen-bond acceptors (Lipinski definition) is 6. The van der Waals surface area contributed by atoms with Crippen LogP contribution < -0.4 is 10.2 Å². The molecule has 0 radical (unpaired) electrons. The molecular weight excluding hydrogens is 362 g/mol. The Balaban J connectivity index is 2.15. The second-order valence-corrected chi connectivity index (χ2v) is 6.37. The van der Waals surface area contributed by atoms with E-state index in [1.165, 1.54) is 18.2 Å². The molecule has 0 atom stereocenters. The van der Waals surface area contributed by atoms with Gasteiger partial charge in [-0.05, 0) is 36.8 Å². The van der Waals surface area contributed by atoms with Crippen LogP contribution in [-0.2, 0) is 4.74 Å². The van der Waals surface area contributed by atoms with Gasteiger partial charge < -0.3 is 15.0 Å². The first-order chi connectivity index (χ1) is 13.3. The largest absolute Gasteiger partial charge is 0.462 e. The minimum Gasteiger partial charge on any atom is -0.462 e. The summed E-state index contributed by atoms with van der Waals surface area (Å²) in [6.45, 7) is 2.38. The highest BCUT2D eigenvalue weighted by molar-refractivity contribution is 6.08. The molecule has 2 aromatic rings. The Morgan fingerprint density at radius 2 is 1.82 bits per heavy atom. The first kappa shape index (κ1) is 20.9. The van der Waals surface area contributed by atoms with Crippen LogP contribution in [0.2, 0.25) is 0 Å². The molecule has 2 rings (SSSR count). The summed E-state index contributed by atoms with van der Waals surface area (Å²) in [7, 11) is 3.49. The number of carbonyl (C=O) groups excluding carboxylic acids is 2. The van der Waals surface area contributed by atoms with Crippen LogP contribution in [0.1, 0.15) is 40.5 Å². The molecule has 2 aromatic carbocycles. The average Bonchev–Trinajstić information content (AvgIpc) is 2.68. The molecule has 28 heavy (non-hydrogen) atoms. The van der Waals surface area contributed by atoms with Crippen molar-refractivity contribution in [3.63, 3.8) is 0 Å². The number of nitrogens with one attached hydrogen (secondary N) is 1. The first-order valence-corrected chi connectivity index (χ1v) is 8.87. The summed E-state index contributed by atoms with van der Waals surface area (Å²) in [6.07, 6.45) is 1.74. The lowest BCUT2D eigenvalue weighted by molar-refractivity contribution is -0.384. The van der Waals surface area contributed by atoms with E-state index in [4.69, 9.17) is 4.74 Å². The molecule has 1 N–H and O–H groups in total. The van der Waals surface area contributed by atoms with E-state index in [0.29, 0.717) is 23.5 Å². The summed E-state index contributed by atoms with van der Waals surface area (Å²) >= 11 is 0. The fourth-order valence-corrected chi connectivity index (χ4v) is 2.49. The standard InChI is InChI=1S/C20H23N3O5/c1-4-5-12-28-20(25)14-6-8-15(9-7-14)21-19(24)17-13-16(23(26)27)10-11-18(17)22(2)3/h6-11,13H,4-5,12H2,1-3H3,(H,21,24). The van der Waals surface area contributed by atoms with Gasteiger partial charge in [-0.1, -0.05) is 13.3 Å². The van der Waals surface area contributed by atoms with E-state index < -0.39 is 16.8 Å². The van der Waals surface area contributed by atoms with Gasteiger partial charge in [0.25, 0.3) is 11.6 Å². The highest BCUT2D eigenvalue weighted by Gasteiger charge is 2.18. The fraction of sp³-hybridized carbons (Fsp3) is 0.300. The zero-order valence-electron chi connectivity index (χ0n) is 16.1. The van der Waals surface area contributed by atoms with Gasteiger partial charge in [0, 0.05) is 37.6 Å². The maximum atomic E-state index is 12.7. The van der Waals surface area contributed by atoms with Crippen molar-refractivity contribution in [2.45, 2.75) is 19.8 Å². The topological polar surface area (TPSA) is 102 Å². The van der Waals surface area contributed by atoms with Gasteiger partial charge in [-0.25, -0.2) is 4.79 Å². The number of nitro benzene ring substituents is 1. The Morgan fingerprint density at radius 3 is 2.39 bits per heavy atom. The van der Waals surface area contributed by atoms with Crippen molar-refractivity contribution in [2.24, 2.45) is 0 Å². The van der Waals surface area contributed by atoms with Gasteiger partial charge in [0.05, 0.1) is 22.7 Å². The molecule has 0 saturated heterocycles. The molecule has 0 bridgehead atoms. The first-order valence-electron chi connectivity index (χ1n) is 8.87. The molecule has 148 valence electrons. The van der Waals surface area contributed by atoms with Crippen molar-refractivity contribution in [3.8, 4) is 0 Å². The third-order valence-electron chi connectivity index (χ3n) is 4.03. The molecule has 0 aliphatic rings. The molecule has 8 heteroatoms. The third kappa shape index (κ3) is 5.29. The zero-order valence-corrected chi connectivity index (χ0v) is 16.1. The van der Waals surface area contributed by atoms with E-state index in [1.807, 2.05) is 6.92 Å². The number of carbonyl (C=O) groups is 2. The van der Waals surface area contributed by atoms with E-state index in [-0.39, 0.29) is 11.3 Å². The summed E-state index contributed by atoms with van der Waals surface area (Å²) < 4.78 is 5.14. The van der Waals surface area contributed by atoms with E-state index in [0.717, 1.165) is 12.8 Å². The van der Waals surface area contributed by atoms with Crippen LogP contribution in [0.4, 0.5) is 17.1 Å². The average molecular weight is 385 g/mol. The second kappa shape index (κ2) is 9.50. The molecule has 0 unspecified atom stereocenters. The molecule has 0 saturated carbocycles. The number of rotatable bonds is 8. The third-order valence-corrected chi connectivity index (χ3v) is 4.03. The van der Waals surface area contributed by atoms with Crippen LogP contribution in [0.3, 0.4) is 0 Å². The van der Waals surface area contributed by atoms with E-state index in [9.17, 15) is 19.7 Å². The number of ether oxygens (including phenoxy) is 1. The van der Waals surface area contributed by atoms with Crippen molar-refractivity contribution >= 4 is 28.9 Å². The van der Waals surface area contributed by atoms with E-state index in [1.54, 1.807) is 43.3 Å².